The largest absolute Gasteiger partial charge is 0.303 e. The molecule has 0 heterocycles. The molecule has 12 heavy (non-hydrogen) atoms. The van der Waals surface area contributed by atoms with Crippen molar-refractivity contribution in [1.82, 2.24) is 0 Å². The first-order valence-electron chi connectivity index (χ1n) is 3.90. The van der Waals surface area contributed by atoms with Gasteiger partial charge in [0.1, 0.15) is 6.29 Å². The molecule has 0 amide bonds. The van der Waals surface area contributed by atoms with E-state index in [1.165, 1.54) is 0 Å². The third-order valence-electron chi connectivity index (χ3n) is 1.95. The molecule has 0 fully saturated rings. The Kier molecular flexibility index (Phi) is 2.93. The van der Waals surface area contributed by atoms with Crippen LogP contribution in [0.3, 0.4) is 0 Å². The van der Waals surface area contributed by atoms with Gasteiger partial charge in [-0.15, -0.1) is 12.6 Å². The van der Waals surface area contributed by atoms with Gasteiger partial charge in [-0.3, -0.25) is 0 Å². The Morgan fingerprint density at radius 2 is 2.17 bits per heavy atom. The van der Waals surface area contributed by atoms with Crippen molar-refractivity contribution in [3.05, 3.63) is 29.3 Å². The molecule has 1 rings (SSSR count). The van der Waals surface area contributed by atoms with E-state index in [2.05, 4.69) is 12.6 Å². The van der Waals surface area contributed by atoms with Gasteiger partial charge in [-0.1, -0.05) is 13.0 Å². The summed E-state index contributed by atoms with van der Waals surface area (Å²) in [6.07, 6.45) is 0.959. The maximum atomic E-state index is 10.5. The van der Waals surface area contributed by atoms with E-state index < -0.39 is 0 Å². The van der Waals surface area contributed by atoms with Gasteiger partial charge >= 0.3 is 0 Å². The molecule has 1 unspecified atom stereocenters. The van der Waals surface area contributed by atoms with Crippen LogP contribution in [0.4, 0.5) is 0 Å². The van der Waals surface area contributed by atoms with Crippen LogP contribution >= 0.6 is 12.6 Å². The summed E-state index contributed by atoms with van der Waals surface area (Å²) in [4.78, 5) is 11.5. The highest BCUT2D eigenvalue weighted by Gasteiger charge is 2.06. The van der Waals surface area contributed by atoms with Crippen molar-refractivity contribution in [3.63, 3.8) is 0 Å². The van der Waals surface area contributed by atoms with Crippen LogP contribution in [-0.2, 0) is 4.79 Å². The molecule has 2 heteroatoms. The zero-order chi connectivity index (χ0) is 9.14. The standard InChI is InChI=1S/C10H12OS/c1-7-5-9(12)3-4-10(7)8(2)6-11/h3-6,8,12H,1-2H3. The van der Waals surface area contributed by atoms with E-state index in [4.69, 9.17) is 0 Å². The van der Waals surface area contributed by atoms with Crippen molar-refractivity contribution in [2.24, 2.45) is 0 Å². The molecular weight excluding hydrogens is 168 g/mol. The van der Waals surface area contributed by atoms with Crippen LogP contribution < -0.4 is 0 Å². The molecule has 1 atom stereocenters. The van der Waals surface area contributed by atoms with Gasteiger partial charge in [-0.2, -0.15) is 0 Å². The lowest BCUT2D eigenvalue weighted by molar-refractivity contribution is -0.108. The Balaban J connectivity index is 3.09. The minimum Gasteiger partial charge on any atom is -0.303 e. The lowest BCUT2D eigenvalue weighted by Gasteiger charge is -2.08. The van der Waals surface area contributed by atoms with E-state index in [-0.39, 0.29) is 5.92 Å². The average Bonchev–Trinajstić information content (AvgIpc) is 2.03. The molecule has 0 aliphatic heterocycles. The summed E-state index contributed by atoms with van der Waals surface area (Å²) in [6.45, 7) is 3.89. The lowest BCUT2D eigenvalue weighted by Crippen LogP contribution is -1.96. The number of rotatable bonds is 2. The van der Waals surface area contributed by atoms with Crippen molar-refractivity contribution in [2.45, 2.75) is 24.7 Å². The van der Waals surface area contributed by atoms with E-state index in [0.717, 1.165) is 22.3 Å². The average molecular weight is 180 g/mol. The van der Waals surface area contributed by atoms with Crippen molar-refractivity contribution < 1.29 is 4.79 Å². The number of carbonyl (C=O) groups excluding carboxylic acids is 1. The SMILES string of the molecule is Cc1cc(S)ccc1C(C)C=O. The Bertz CT molecular complexity index is 294. The fraction of sp³-hybridized carbons (Fsp3) is 0.300. The first-order valence-corrected chi connectivity index (χ1v) is 4.34. The van der Waals surface area contributed by atoms with Crippen molar-refractivity contribution >= 4 is 18.9 Å². The summed E-state index contributed by atoms with van der Waals surface area (Å²) >= 11 is 4.21. The third-order valence-corrected chi connectivity index (χ3v) is 2.23. The smallest absolute Gasteiger partial charge is 0.127 e. The predicted octanol–water partition coefficient (Wildman–Crippen LogP) is 2.59. The van der Waals surface area contributed by atoms with Gasteiger partial charge in [-0.05, 0) is 30.2 Å². The third kappa shape index (κ3) is 1.89. The molecule has 1 nitrogen and oxygen atoms in total. The number of hydrogen-bond acceptors (Lipinski definition) is 2. The Morgan fingerprint density at radius 3 is 2.67 bits per heavy atom. The van der Waals surface area contributed by atoms with E-state index >= 15 is 0 Å². The number of carbonyl (C=O) groups is 1. The Morgan fingerprint density at radius 1 is 1.50 bits per heavy atom. The van der Waals surface area contributed by atoms with Gasteiger partial charge in [0.05, 0.1) is 0 Å². The highest BCUT2D eigenvalue weighted by atomic mass is 32.1. The second kappa shape index (κ2) is 3.76. The van der Waals surface area contributed by atoms with Crippen LogP contribution in [0, 0.1) is 6.92 Å². The zero-order valence-corrected chi connectivity index (χ0v) is 8.14. The first kappa shape index (κ1) is 9.33. The first-order chi connectivity index (χ1) is 5.65. The summed E-state index contributed by atoms with van der Waals surface area (Å²) in [5, 5.41) is 0. The monoisotopic (exact) mass is 180 g/mol. The molecule has 0 saturated heterocycles. The van der Waals surface area contributed by atoms with E-state index in [1.54, 1.807) is 0 Å². The summed E-state index contributed by atoms with van der Waals surface area (Å²) in [5.41, 5.74) is 2.21. The number of hydrogen-bond donors (Lipinski definition) is 1. The number of aldehydes is 1. The van der Waals surface area contributed by atoms with Gasteiger partial charge in [0, 0.05) is 10.8 Å². The topological polar surface area (TPSA) is 17.1 Å². The van der Waals surface area contributed by atoms with E-state index in [0.29, 0.717) is 0 Å². The maximum Gasteiger partial charge on any atom is 0.127 e. The summed E-state index contributed by atoms with van der Waals surface area (Å²) in [6, 6.07) is 5.83. The predicted molar refractivity (Wildman–Crippen MR) is 52.9 cm³/mol. The summed E-state index contributed by atoms with van der Waals surface area (Å²) in [5.74, 6) is -0.0149. The molecule has 0 spiro atoms. The van der Waals surface area contributed by atoms with Crippen LogP contribution in [0.25, 0.3) is 0 Å². The second-order valence-corrected chi connectivity index (χ2v) is 3.48. The molecule has 64 valence electrons. The molecule has 0 N–H and O–H groups in total. The van der Waals surface area contributed by atoms with Crippen molar-refractivity contribution in [3.8, 4) is 0 Å². The highest BCUT2D eigenvalue weighted by molar-refractivity contribution is 7.80. The van der Waals surface area contributed by atoms with Crippen LogP contribution in [0.1, 0.15) is 24.0 Å². The fourth-order valence-corrected chi connectivity index (χ4v) is 1.51. The number of benzene rings is 1. The van der Waals surface area contributed by atoms with Crippen LogP contribution in [0.2, 0.25) is 0 Å². The van der Waals surface area contributed by atoms with Gasteiger partial charge in [-0.25, -0.2) is 0 Å². The van der Waals surface area contributed by atoms with Crippen molar-refractivity contribution in [1.29, 1.82) is 0 Å². The Labute approximate surface area is 78.2 Å². The molecule has 0 saturated carbocycles. The molecule has 1 aromatic rings. The van der Waals surface area contributed by atoms with Gasteiger partial charge in [0.15, 0.2) is 0 Å². The highest BCUT2D eigenvalue weighted by Crippen LogP contribution is 2.20. The van der Waals surface area contributed by atoms with Crippen LogP contribution in [0.5, 0.6) is 0 Å². The van der Waals surface area contributed by atoms with Gasteiger partial charge in [0.25, 0.3) is 0 Å². The van der Waals surface area contributed by atoms with Crippen LogP contribution in [-0.4, -0.2) is 6.29 Å². The minimum atomic E-state index is -0.0149. The van der Waals surface area contributed by atoms with Gasteiger partial charge in [0.2, 0.25) is 0 Å². The van der Waals surface area contributed by atoms with E-state index in [9.17, 15) is 4.79 Å². The van der Waals surface area contributed by atoms with E-state index in [1.807, 2.05) is 32.0 Å². The second-order valence-electron chi connectivity index (χ2n) is 2.97. The summed E-state index contributed by atoms with van der Waals surface area (Å²) in [7, 11) is 0. The fourth-order valence-electron chi connectivity index (χ4n) is 1.24. The summed E-state index contributed by atoms with van der Waals surface area (Å²) < 4.78 is 0. The molecule has 0 aliphatic rings. The molecule has 0 aromatic heterocycles. The molecular formula is C10H12OS. The molecule has 1 aromatic carbocycles. The van der Waals surface area contributed by atoms with Crippen LogP contribution in [0.15, 0.2) is 23.1 Å². The maximum absolute atomic E-state index is 10.5. The Hall–Kier alpha value is -0.760. The number of aryl methyl sites for hydroxylation is 1. The van der Waals surface area contributed by atoms with Gasteiger partial charge < -0.3 is 4.79 Å². The normalized spacial score (nSPS) is 12.6. The minimum absolute atomic E-state index is 0.0149. The van der Waals surface area contributed by atoms with Crippen molar-refractivity contribution in [2.75, 3.05) is 0 Å². The zero-order valence-electron chi connectivity index (χ0n) is 7.24. The number of thiol groups is 1. The molecule has 0 bridgehead atoms. The molecule has 0 radical (unpaired) electrons. The quantitative estimate of drug-likeness (QED) is 0.547. The molecule has 0 aliphatic carbocycles. The lowest BCUT2D eigenvalue weighted by atomic mass is 9.98.